The molecule has 0 spiro atoms. The van der Waals surface area contributed by atoms with Gasteiger partial charge < -0.3 is 10.0 Å². The molecule has 1 N–H and O–H groups in total. The molecule has 5 rings (SSSR count). The minimum absolute atomic E-state index is 0.192. The lowest BCUT2D eigenvalue weighted by atomic mass is 10.1. The molecule has 1 saturated carbocycles. The molecule has 2 unspecified atom stereocenters. The van der Waals surface area contributed by atoms with E-state index in [2.05, 4.69) is 39.0 Å². The molecule has 5 nitrogen and oxygen atoms in total. The van der Waals surface area contributed by atoms with E-state index in [-0.39, 0.29) is 6.10 Å². The van der Waals surface area contributed by atoms with Gasteiger partial charge in [0, 0.05) is 56.7 Å². The zero-order chi connectivity index (χ0) is 17.5. The number of piperazine rings is 1. The van der Waals surface area contributed by atoms with E-state index in [1.165, 1.54) is 35.8 Å². The third-order valence-electron chi connectivity index (χ3n) is 6.57. The Balaban J connectivity index is 1.23. The van der Waals surface area contributed by atoms with Gasteiger partial charge in [0.1, 0.15) is 5.82 Å². The zero-order valence-electron chi connectivity index (χ0n) is 15.3. The molecule has 140 valence electrons. The number of hydrogen-bond donors (Lipinski definition) is 1. The van der Waals surface area contributed by atoms with Crippen molar-refractivity contribution in [2.24, 2.45) is 0 Å². The van der Waals surface area contributed by atoms with Crippen LogP contribution in [0.1, 0.15) is 25.7 Å². The number of aliphatic hydroxyl groups excluding tert-OH is 1. The Morgan fingerprint density at radius 1 is 0.962 bits per heavy atom. The van der Waals surface area contributed by atoms with E-state index in [0.29, 0.717) is 6.04 Å². The number of fused-ring (bicyclic) bond motifs is 1. The molecule has 2 saturated heterocycles. The summed E-state index contributed by atoms with van der Waals surface area (Å²) in [5.74, 6) is 1.14. The molecule has 2 atom stereocenters. The van der Waals surface area contributed by atoms with E-state index < -0.39 is 0 Å². The third-order valence-corrected chi connectivity index (χ3v) is 7.39. The molecular weight excluding hydrogens is 344 g/mol. The first-order chi connectivity index (χ1) is 12.8. The highest BCUT2D eigenvalue weighted by Gasteiger charge is 2.39. The summed E-state index contributed by atoms with van der Waals surface area (Å²) in [6.07, 6.45) is 5.18. The van der Waals surface area contributed by atoms with Crippen LogP contribution in [0.25, 0.3) is 10.1 Å². The predicted octanol–water partition coefficient (Wildman–Crippen LogP) is 2.41. The van der Waals surface area contributed by atoms with Crippen LogP contribution < -0.4 is 4.90 Å². The fourth-order valence-electron chi connectivity index (χ4n) is 5.09. The van der Waals surface area contributed by atoms with Crippen LogP contribution in [0.15, 0.2) is 24.3 Å². The number of hydrogen-bond acceptors (Lipinski definition) is 6. The topological polar surface area (TPSA) is 42.8 Å². The van der Waals surface area contributed by atoms with Crippen LogP contribution in [0.2, 0.25) is 0 Å². The molecule has 1 aromatic carbocycles. The smallest absolute Gasteiger partial charge is 0.150 e. The standard InChI is InChI=1S/C20H28N4OS/c25-18-14-24(15-5-1-2-6-15)13-17(18)22-9-11-23(12-10-22)20-16-7-3-4-8-19(16)26-21-20/h3-4,7-8,15,17-18,25H,1-2,5-6,9-14H2. The van der Waals surface area contributed by atoms with Crippen LogP contribution in [0.5, 0.6) is 0 Å². The first-order valence-electron chi connectivity index (χ1n) is 10.0. The van der Waals surface area contributed by atoms with Gasteiger partial charge in [-0.05, 0) is 36.5 Å². The lowest BCUT2D eigenvalue weighted by Crippen LogP contribution is -2.54. The molecule has 1 aromatic heterocycles. The second kappa shape index (κ2) is 7.08. The predicted molar refractivity (Wildman–Crippen MR) is 107 cm³/mol. The van der Waals surface area contributed by atoms with Crippen LogP contribution in [0, 0.1) is 0 Å². The van der Waals surface area contributed by atoms with Crippen molar-refractivity contribution >= 4 is 27.4 Å². The first kappa shape index (κ1) is 16.9. The normalized spacial score (nSPS) is 29.2. The molecular formula is C20H28N4OS. The lowest BCUT2D eigenvalue weighted by molar-refractivity contribution is 0.0790. The molecule has 0 bridgehead atoms. The van der Waals surface area contributed by atoms with Gasteiger partial charge >= 0.3 is 0 Å². The zero-order valence-corrected chi connectivity index (χ0v) is 16.1. The van der Waals surface area contributed by atoms with Gasteiger partial charge in [-0.1, -0.05) is 25.0 Å². The van der Waals surface area contributed by atoms with Gasteiger partial charge in [0.25, 0.3) is 0 Å². The monoisotopic (exact) mass is 372 g/mol. The summed E-state index contributed by atoms with van der Waals surface area (Å²) in [5, 5.41) is 11.9. The maximum atomic E-state index is 10.7. The number of rotatable bonds is 3. The van der Waals surface area contributed by atoms with Crippen LogP contribution in [-0.2, 0) is 0 Å². The van der Waals surface area contributed by atoms with Gasteiger partial charge in [-0.25, -0.2) is 0 Å². The van der Waals surface area contributed by atoms with Crippen molar-refractivity contribution in [1.29, 1.82) is 0 Å². The Labute approximate surface area is 159 Å². The number of likely N-dealkylation sites (tertiary alicyclic amines) is 1. The molecule has 0 radical (unpaired) electrons. The number of anilines is 1. The van der Waals surface area contributed by atoms with Crippen LogP contribution in [0.3, 0.4) is 0 Å². The van der Waals surface area contributed by atoms with E-state index in [1.807, 2.05) is 0 Å². The summed E-state index contributed by atoms with van der Waals surface area (Å²) in [6.45, 7) is 5.96. The molecule has 3 fully saturated rings. The van der Waals surface area contributed by atoms with E-state index in [1.54, 1.807) is 11.5 Å². The molecule has 6 heteroatoms. The molecule has 1 aliphatic carbocycles. The SMILES string of the molecule is OC1CN(C2CCCC2)CC1N1CCN(c2nsc3ccccc23)CC1. The van der Waals surface area contributed by atoms with Crippen LogP contribution in [-0.4, -0.2) is 76.7 Å². The summed E-state index contributed by atoms with van der Waals surface area (Å²) in [4.78, 5) is 7.50. The molecule has 3 aliphatic rings. The Morgan fingerprint density at radius 3 is 2.54 bits per heavy atom. The van der Waals surface area contributed by atoms with Crippen molar-refractivity contribution in [3.63, 3.8) is 0 Å². The van der Waals surface area contributed by atoms with Gasteiger partial charge in [-0.2, -0.15) is 4.37 Å². The summed E-state index contributed by atoms with van der Waals surface area (Å²) in [7, 11) is 0. The van der Waals surface area contributed by atoms with E-state index in [0.717, 1.165) is 51.1 Å². The van der Waals surface area contributed by atoms with Crippen molar-refractivity contribution in [3.8, 4) is 0 Å². The highest BCUT2D eigenvalue weighted by atomic mass is 32.1. The molecule has 0 amide bonds. The van der Waals surface area contributed by atoms with E-state index in [4.69, 9.17) is 4.37 Å². The van der Waals surface area contributed by atoms with Crippen LogP contribution >= 0.6 is 11.5 Å². The largest absolute Gasteiger partial charge is 0.390 e. The summed E-state index contributed by atoms with van der Waals surface area (Å²) in [6, 6.07) is 9.55. The Bertz CT molecular complexity index is 751. The van der Waals surface area contributed by atoms with Gasteiger partial charge in [0.2, 0.25) is 0 Å². The number of benzene rings is 1. The van der Waals surface area contributed by atoms with E-state index in [9.17, 15) is 5.11 Å². The van der Waals surface area contributed by atoms with Gasteiger partial charge in [0.05, 0.1) is 10.8 Å². The van der Waals surface area contributed by atoms with E-state index >= 15 is 0 Å². The minimum Gasteiger partial charge on any atom is -0.390 e. The maximum absolute atomic E-state index is 10.7. The van der Waals surface area contributed by atoms with Crippen molar-refractivity contribution in [2.75, 3.05) is 44.2 Å². The minimum atomic E-state index is -0.192. The highest BCUT2D eigenvalue weighted by Crippen LogP contribution is 2.31. The average molecular weight is 373 g/mol. The third kappa shape index (κ3) is 3.03. The number of aromatic nitrogens is 1. The fourth-order valence-corrected chi connectivity index (χ4v) is 5.89. The quantitative estimate of drug-likeness (QED) is 0.896. The summed E-state index contributed by atoms with van der Waals surface area (Å²) in [5.41, 5.74) is 0. The van der Waals surface area contributed by atoms with Gasteiger partial charge in [0.15, 0.2) is 0 Å². The Hall–Kier alpha value is -1.21. The van der Waals surface area contributed by atoms with Crippen molar-refractivity contribution in [2.45, 2.75) is 43.9 Å². The number of aliphatic hydroxyl groups is 1. The maximum Gasteiger partial charge on any atom is 0.150 e. The van der Waals surface area contributed by atoms with Gasteiger partial charge in [-0.3, -0.25) is 9.80 Å². The molecule has 2 aliphatic heterocycles. The molecule has 3 heterocycles. The Kier molecular flexibility index (Phi) is 4.61. The second-order valence-corrected chi connectivity index (χ2v) is 8.86. The number of β-amino-alcohol motifs (C(OH)–C–C–N with tert-alkyl or cyclic N) is 1. The molecule has 26 heavy (non-hydrogen) atoms. The highest BCUT2D eigenvalue weighted by molar-refractivity contribution is 7.13. The fraction of sp³-hybridized carbons (Fsp3) is 0.650. The summed E-state index contributed by atoms with van der Waals surface area (Å²) >= 11 is 1.60. The summed E-state index contributed by atoms with van der Waals surface area (Å²) < 4.78 is 5.98. The number of nitrogens with zero attached hydrogens (tertiary/aromatic N) is 4. The lowest BCUT2D eigenvalue weighted by Gasteiger charge is -2.39. The van der Waals surface area contributed by atoms with Crippen LogP contribution in [0.4, 0.5) is 5.82 Å². The first-order valence-corrected chi connectivity index (χ1v) is 10.8. The van der Waals surface area contributed by atoms with Gasteiger partial charge in [-0.15, -0.1) is 0 Å². The Morgan fingerprint density at radius 2 is 1.73 bits per heavy atom. The average Bonchev–Trinajstić information content (AvgIpc) is 3.41. The molecule has 2 aromatic rings. The second-order valence-electron chi connectivity index (χ2n) is 8.05. The van der Waals surface area contributed by atoms with Crippen molar-refractivity contribution in [1.82, 2.24) is 14.2 Å². The van der Waals surface area contributed by atoms with Crippen molar-refractivity contribution in [3.05, 3.63) is 24.3 Å². The van der Waals surface area contributed by atoms with Crippen molar-refractivity contribution < 1.29 is 5.11 Å².